The Morgan fingerprint density at radius 2 is 1.63 bits per heavy atom. The van der Waals surface area contributed by atoms with Crippen molar-refractivity contribution in [2.75, 3.05) is 12.4 Å². The van der Waals surface area contributed by atoms with E-state index in [1.54, 1.807) is 13.3 Å². The first-order valence-electron chi connectivity index (χ1n) is 8.80. The second-order valence-electron chi connectivity index (χ2n) is 7.14. The molecule has 0 aliphatic rings. The second-order valence-corrected chi connectivity index (χ2v) is 8.03. The van der Waals surface area contributed by atoms with Gasteiger partial charge >= 0.3 is 0 Å². The number of amides is 1. The van der Waals surface area contributed by atoms with E-state index in [0.717, 1.165) is 16.9 Å². The highest BCUT2D eigenvalue weighted by Gasteiger charge is 2.49. The summed E-state index contributed by atoms with van der Waals surface area (Å²) in [5.41, 5.74) is 0.833. The summed E-state index contributed by atoms with van der Waals surface area (Å²) < 4.78 is 5.30. The van der Waals surface area contributed by atoms with Gasteiger partial charge in [-0.1, -0.05) is 49.4 Å². The van der Waals surface area contributed by atoms with E-state index in [-0.39, 0.29) is 5.91 Å². The maximum absolute atomic E-state index is 13.3. The van der Waals surface area contributed by atoms with Gasteiger partial charge in [0, 0.05) is 17.0 Å². The number of thiazole rings is 1. The molecule has 1 N–H and O–H groups in total. The van der Waals surface area contributed by atoms with E-state index in [4.69, 9.17) is 4.74 Å². The molecular weight excluding hydrogens is 356 g/mol. The number of carbonyl (C=O) groups is 1. The molecule has 2 aromatic carbocycles. The largest absolute Gasteiger partial charge is 0.497 e. The van der Waals surface area contributed by atoms with Crippen molar-refractivity contribution in [3.63, 3.8) is 0 Å². The van der Waals surface area contributed by atoms with Gasteiger partial charge in [0.1, 0.15) is 5.75 Å². The van der Waals surface area contributed by atoms with E-state index in [9.17, 15) is 4.79 Å². The highest BCUT2D eigenvalue weighted by atomic mass is 32.1. The lowest BCUT2D eigenvalue weighted by Gasteiger charge is -2.44. The number of nitrogens with zero attached hydrogens (tertiary/aromatic N) is 1. The number of carbonyl (C=O) groups excluding carboxylic acids is 1. The molecule has 0 spiro atoms. The van der Waals surface area contributed by atoms with Crippen LogP contribution in [0.25, 0.3) is 0 Å². The van der Waals surface area contributed by atoms with Crippen LogP contribution in [0.5, 0.6) is 5.75 Å². The van der Waals surface area contributed by atoms with Crippen LogP contribution in [0.1, 0.15) is 31.9 Å². The van der Waals surface area contributed by atoms with E-state index in [1.165, 1.54) is 11.3 Å². The molecule has 3 aromatic rings. The van der Waals surface area contributed by atoms with Crippen LogP contribution >= 0.6 is 11.3 Å². The lowest BCUT2D eigenvalue weighted by Crippen LogP contribution is -2.48. The second kappa shape index (κ2) is 7.53. The Morgan fingerprint density at radius 3 is 2.19 bits per heavy atom. The summed E-state index contributed by atoms with van der Waals surface area (Å²) >= 11 is 1.41. The van der Waals surface area contributed by atoms with E-state index >= 15 is 0 Å². The minimum Gasteiger partial charge on any atom is -0.497 e. The number of rotatable bonds is 6. The van der Waals surface area contributed by atoms with Gasteiger partial charge in [0.25, 0.3) is 0 Å². The molecule has 1 aromatic heterocycles. The average Bonchev–Trinajstić information content (AvgIpc) is 3.21. The molecule has 0 aliphatic carbocycles. The van der Waals surface area contributed by atoms with E-state index in [0.29, 0.717) is 5.13 Å². The van der Waals surface area contributed by atoms with Crippen LogP contribution in [0.4, 0.5) is 5.13 Å². The van der Waals surface area contributed by atoms with Crippen molar-refractivity contribution in [1.29, 1.82) is 0 Å². The van der Waals surface area contributed by atoms with Crippen molar-refractivity contribution in [2.45, 2.75) is 26.2 Å². The highest BCUT2D eigenvalue weighted by molar-refractivity contribution is 7.13. The first kappa shape index (κ1) is 19.1. The molecule has 1 unspecified atom stereocenters. The van der Waals surface area contributed by atoms with Gasteiger partial charge in [-0.05, 0) is 37.1 Å². The summed E-state index contributed by atoms with van der Waals surface area (Å²) in [6, 6.07) is 18.1. The number of hydrogen-bond donors (Lipinski definition) is 1. The van der Waals surface area contributed by atoms with Crippen LogP contribution in [0.2, 0.25) is 0 Å². The van der Waals surface area contributed by atoms with Crippen LogP contribution in [0.15, 0.2) is 66.2 Å². The highest BCUT2D eigenvalue weighted by Crippen LogP contribution is 2.47. The van der Waals surface area contributed by atoms with Gasteiger partial charge in [0.2, 0.25) is 5.91 Å². The minimum atomic E-state index is -0.741. The van der Waals surface area contributed by atoms with Gasteiger partial charge < -0.3 is 10.1 Å². The third kappa shape index (κ3) is 3.47. The summed E-state index contributed by atoms with van der Waals surface area (Å²) in [7, 11) is 1.65. The first-order chi connectivity index (χ1) is 12.9. The third-order valence-corrected chi connectivity index (χ3v) is 6.18. The molecule has 1 heterocycles. The SMILES string of the molecule is COc1ccc(C(C)(c2ccccc2)C(C)(C)C(=O)Nc2nccs2)cc1. The predicted molar refractivity (Wildman–Crippen MR) is 110 cm³/mol. The molecule has 1 atom stereocenters. The summed E-state index contributed by atoms with van der Waals surface area (Å²) in [5.74, 6) is 0.721. The van der Waals surface area contributed by atoms with Crippen molar-refractivity contribution in [1.82, 2.24) is 4.98 Å². The van der Waals surface area contributed by atoms with Gasteiger partial charge in [-0.3, -0.25) is 4.79 Å². The number of benzene rings is 2. The Kier molecular flexibility index (Phi) is 5.33. The fourth-order valence-electron chi connectivity index (χ4n) is 3.35. The fraction of sp³-hybridized carbons (Fsp3) is 0.273. The number of hydrogen-bond acceptors (Lipinski definition) is 4. The van der Waals surface area contributed by atoms with Crippen molar-refractivity contribution in [3.05, 3.63) is 77.3 Å². The molecule has 27 heavy (non-hydrogen) atoms. The lowest BCUT2D eigenvalue weighted by atomic mass is 9.59. The number of nitrogens with one attached hydrogen (secondary N) is 1. The monoisotopic (exact) mass is 380 g/mol. The third-order valence-electron chi connectivity index (χ3n) is 5.49. The molecule has 140 valence electrons. The minimum absolute atomic E-state index is 0.0698. The molecule has 4 nitrogen and oxygen atoms in total. The van der Waals surface area contributed by atoms with Crippen molar-refractivity contribution >= 4 is 22.4 Å². The predicted octanol–water partition coefficient (Wildman–Crippen LogP) is 5.12. The van der Waals surface area contributed by atoms with Crippen LogP contribution < -0.4 is 10.1 Å². The van der Waals surface area contributed by atoms with Crippen molar-refractivity contribution < 1.29 is 9.53 Å². The summed E-state index contributed by atoms with van der Waals surface area (Å²) in [4.78, 5) is 17.5. The maximum atomic E-state index is 13.3. The van der Waals surface area contributed by atoms with Gasteiger partial charge in [-0.15, -0.1) is 11.3 Å². The van der Waals surface area contributed by atoms with E-state index in [1.807, 2.05) is 61.7 Å². The lowest BCUT2D eigenvalue weighted by molar-refractivity contribution is -0.126. The van der Waals surface area contributed by atoms with Crippen LogP contribution in [-0.4, -0.2) is 18.0 Å². The molecule has 0 radical (unpaired) electrons. The molecule has 1 amide bonds. The number of anilines is 1. The summed E-state index contributed by atoms with van der Waals surface area (Å²) in [6.45, 7) is 6.08. The Morgan fingerprint density at radius 1 is 1.00 bits per heavy atom. The van der Waals surface area contributed by atoms with Crippen LogP contribution in [0, 0.1) is 5.41 Å². The zero-order chi connectivity index (χ0) is 19.5. The molecule has 0 saturated heterocycles. The Labute approximate surface area is 164 Å². The average molecular weight is 381 g/mol. The summed E-state index contributed by atoms with van der Waals surface area (Å²) in [6.07, 6.45) is 1.69. The molecule has 0 saturated carbocycles. The van der Waals surface area contributed by atoms with E-state index < -0.39 is 10.8 Å². The number of ether oxygens (including phenoxy) is 1. The number of methoxy groups -OCH3 is 1. The molecule has 5 heteroatoms. The van der Waals surface area contributed by atoms with Crippen LogP contribution in [0.3, 0.4) is 0 Å². The topological polar surface area (TPSA) is 51.2 Å². The maximum Gasteiger partial charge on any atom is 0.233 e. The molecule has 0 bridgehead atoms. The van der Waals surface area contributed by atoms with Crippen molar-refractivity contribution in [2.24, 2.45) is 5.41 Å². The van der Waals surface area contributed by atoms with E-state index in [2.05, 4.69) is 29.4 Å². The molecule has 0 fully saturated rings. The molecular formula is C22H24N2O2S. The molecule has 0 aliphatic heterocycles. The Hall–Kier alpha value is -2.66. The van der Waals surface area contributed by atoms with Gasteiger partial charge in [0.05, 0.1) is 12.5 Å². The Bertz CT molecular complexity index is 890. The zero-order valence-corrected chi connectivity index (χ0v) is 16.8. The first-order valence-corrected chi connectivity index (χ1v) is 9.68. The number of aromatic nitrogens is 1. The zero-order valence-electron chi connectivity index (χ0n) is 16.0. The van der Waals surface area contributed by atoms with Gasteiger partial charge in [-0.2, -0.15) is 0 Å². The fourth-order valence-corrected chi connectivity index (χ4v) is 3.87. The Balaban J connectivity index is 2.09. The normalized spacial score (nSPS) is 13.6. The van der Waals surface area contributed by atoms with Gasteiger partial charge in [0.15, 0.2) is 5.13 Å². The van der Waals surface area contributed by atoms with Crippen molar-refractivity contribution in [3.8, 4) is 5.75 Å². The quantitative estimate of drug-likeness (QED) is 0.645. The summed E-state index contributed by atoms with van der Waals surface area (Å²) in [5, 5.41) is 5.43. The van der Waals surface area contributed by atoms with Gasteiger partial charge in [-0.25, -0.2) is 4.98 Å². The molecule has 3 rings (SSSR count). The van der Waals surface area contributed by atoms with Crippen LogP contribution in [-0.2, 0) is 10.2 Å². The standard InChI is InChI=1S/C22H24N2O2S/c1-21(2,19(25)24-20-23-14-15-27-20)22(3,16-8-6-5-7-9-16)17-10-12-18(26-4)13-11-17/h5-15H,1-4H3,(H,23,24,25). The smallest absolute Gasteiger partial charge is 0.233 e.